The summed E-state index contributed by atoms with van der Waals surface area (Å²) in [6.07, 6.45) is 30.0. The summed E-state index contributed by atoms with van der Waals surface area (Å²) in [4.78, 5) is 6.76. The van der Waals surface area contributed by atoms with Gasteiger partial charge in [-0.05, 0) is 71.6 Å². The first-order chi connectivity index (χ1) is 18.8. The lowest BCUT2D eigenvalue weighted by atomic mass is 10.4. The summed E-state index contributed by atoms with van der Waals surface area (Å²) in [5.74, 6) is 0. The van der Waals surface area contributed by atoms with Crippen LogP contribution in [0.5, 0.6) is 0 Å². The summed E-state index contributed by atoms with van der Waals surface area (Å²) >= 11 is 0. The summed E-state index contributed by atoms with van der Waals surface area (Å²) in [5, 5.41) is 28.4. The summed E-state index contributed by atoms with van der Waals surface area (Å²) in [6.45, 7) is 0. The molecule has 4 heterocycles. The number of nitrogens with zero attached hydrogens (tertiary/aromatic N) is 6. The Morgan fingerprint density at radius 1 is 0.474 bits per heavy atom. The molecule has 6 nitrogen and oxygen atoms in total. The van der Waals surface area contributed by atoms with Gasteiger partial charge >= 0.3 is 0 Å². The van der Waals surface area contributed by atoms with Gasteiger partial charge in [0.1, 0.15) is 0 Å². The van der Waals surface area contributed by atoms with Crippen LogP contribution in [-0.2, 0) is 0 Å². The highest BCUT2D eigenvalue weighted by Gasteiger charge is 2.08. The van der Waals surface area contributed by atoms with Gasteiger partial charge in [-0.25, -0.2) is 0 Å². The van der Waals surface area contributed by atoms with Gasteiger partial charge in [0.15, 0.2) is 0 Å². The highest BCUT2D eigenvalue weighted by atomic mass is 33.1. The lowest BCUT2D eigenvalue weighted by molar-refractivity contribution is 1.22. The van der Waals surface area contributed by atoms with Crippen molar-refractivity contribution < 1.29 is 0 Å². The lowest BCUT2D eigenvalue weighted by Gasteiger charge is -1.86. The van der Waals surface area contributed by atoms with E-state index in [0.29, 0.717) is 0 Å². The Morgan fingerprint density at radius 2 is 0.895 bits per heavy atom. The van der Waals surface area contributed by atoms with Gasteiger partial charge in [0.05, 0.1) is 37.3 Å². The molecule has 4 aliphatic heterocycles. The monoisotopic (exact) mass is 646 g/mol. The van der Waals surface area contributed by atoms with Crippen LogP contribution in [0.1, 0.15) is 0 Å². The van der Waals surface area contributed by atoms with Gasteiger partial charge < -0.3 is 0 Å². The minimum atomic E-state index is 1.10. The topological polar surface area (TPSA) is 74.2 Å². The van der Waals surface area contributed by atoms with Crippen molar-refractivity contribution in [3.8, 4) is 0 Å². The minimum Gasteiger partial charge on any atom is -0.159 e. The zero-order chi connectivity index (χ0) is 26.1. The number of rotatable bonds is 10. The van der Waals surface area contributed by atoms with Gasteiger partial charge in [-0.15, -0.1) is 0 Å². The molecule has 0 amide bonds. The van der Waals surface area contributed by atoms with E-state index in [0.717, 1.165) is 19.6 Å². The Labute approximate surface area is 253 Å². The molecule has 0 aromatic heterocycles. The molecule has 0 aromatic carbocycles. The third kappa shape index (κ3) is 11.7. The molecule has 0 saturated heterocycles. The van der Waals surface area contributed by atoms with Crippen LogP contribution in [0, 0.1) is 0 Å². The first-order valence-corrected chi connectivity index (χ1v) is 19.4. The average Bonchev–Trinajstić information content (AvgIpc) is 3.74. The van der Waals surface area contributed by atoms with Crippen molar-refractivity contribution in [2.75, 3.05) is 0 Å². The van der Waals surface area contributed by atoms with E-state index in [2.05, 4.69) is 54.9 Å². The molecule has 38 heavy (non-hydrogen) atoms. The van der Waals surface area contributed by atoms with E-state index >= 15 is 0 Å². The average molecular weight is 647 g/mol. The standard InChI is InChI=1S/C24H18N6S8/c1(19-7-15-31-33-19)9-25-27-11-3-21-17-23(37-35-21)5-13-29-30-14-6-24-18-22(36-38-24)4-12-28-26-10-2-20-8-16-32-34-20/h1-18H/b13-5-,14-6-,19-1-,20-2-,21-3-,22-4-,25-9+,26-10+,27-11+,28-12+,30-29-. The highest BCUT2D eigenvalue weighted by molar-refractivity contribution is 8.81. The molecular weight excluding hydrogens is 629 g/mol. The van der Waals surface area contributed by atoms with Crippen molar-refractivity contribution in [1.82, 2.24) is 0 Å². The van der Waals surface area contributed by atoms with Crippen LogP contribution in [0.4, 0.5) is 0 Å². The molecule has 0 bridgehead atoms. The zero-order valence-corrected chi connectivity index (χ0v) is 25.9. The maximum atomic E-state index is 4.08. The van der Waals surface area contributed by atoms with Gasteiger partial charge in [-0.2, -0.15) is 30.6 Å². The van der Waals surface area contributed by atoms with Crippen molar-refractivity contribution in [2.24, 2.45) is 30.6 Å². The maximum absolute atomic E-state index is 4.08. The molecule has 0 aliphatic carbocycles. The number of hydrogen-bond acceptors (Lipinski definition) is 14. The predicted molar refractivity (Wildman–Crippen MR) is 185 cm³/mol. The maximum Gasteiger partial charge on any atom is 0.0507 e. The second-order valence-corrected chi connectivity index (χ2v) is 15.5. The largest absolute Gasteiger partial charge is 0.159 e. The lowest BCUT2D eigenvalue weighted by Crippen LogP contribution is -1.70. The summed E-state index contributed by atoms with van der Waals surface area (Å²) in [6, 6.07) is 0. The van der Waals surface area contributed by atoms with Crippen LogP contribution < -0.4 is 0 Å². The van der Waals surface area contributed by atoms with E-state index in [1.54, 1.807) is 124 Å². The first kappa shape index (κ1) is 29.5. The predicted octanol–water partition coefficient (Wildman–Crippen LogP) is 10.5. The SMILES string of the molecule is C1=C/C(=C/C=N/N=C/C=C2C=C(\C=C/N=N\C=C/C3=CC(=C/C=N/N=C/C=C4/C=CSS4)/SS3)SS/2)SS1. The second kappa shape index (κ2) is 17.9. The number of allylic oxidation sites excluding steroid dienone is 10. The van der Waals surface area contributed by atoms with Gasteiger partial charge in [-0.3, -0.25) is 0 Å². The normalized spacial score (nSPS) is 24.6. The molecule has 0 N–H and O–H groups in total. The van der Waals surface area contributed by atoms with E-state index in [-0.39, 0.29) is 0 Å². The van der Waals surface area contributed by atoms with Crippen LogP contribution in [-0.4, -0.2) is 24.9 Å². The molecule has 4 aliphatic rings. The van der Waals surface area contributed by atoms with Crippen molar-refractivity contribution >= 4 is 111 Å². The molecule has 14 heteroatoms. The second-order valence-electron chi connectivity index (χ2n) is 6.59. The molecule has 0 unspecified atom stereocenters. The fourth-order valence-electron chi connectivity index (χ4n) is 2.32. The molecule has 0 saturated carbocycles. The van der Waals surface area contributed by atoms with Crippen LogP contribution in [0.25, 0.3) is 0 Å². The number of hydrogen-bond donors (Lipinski definition) is 0. The van der Waals surface area contributed by atoms with Gasteiger partial charge in [0, 0.05) is 29.4 Å². The van der Waals surface area contributed by atoms with Crippen molar-refractivity contribution in [1.29, 1.82) is 0 Å². The van der Waals surface area contributed by atoms with E-state index in [4.69, 9.17) is 0 Å². The van der Waals surface area contributed by atoms with Crippen molar-refractivity contribution in [2.45, 2.75) is 0 Å². The van der Waals surface area contributed by atoms with Crippen LogP contribution in [0.2, 0.25) is 0 Å². The fraction of sp³-hybridized carbons (Fsp3) is 0. The molecule has 4 rings (SSSR count). The van der Waals surface area contributed by atoms with Crippen LogP contribution in [0.15, 0.2) is 144 Å². The Morgan fingerprint density at radius 3 is 1.29 bits per heavy atom. The van der Waals surface area contributed by atoms with Gasteiger partial charge in [-0.1, -0.05) is 86.4 Å². The Balaban J connectivity index is 1.15. The highest BCUT2D eigenvalue weighted by Crippen LogP contribution is 2.45. The third-order valence-electron chi connectivity index (χ3n) is 3.93. The van der Waals surface area contributed by atoms with E-state index in [9.17, 15) is 0 Å². The summed E-state index contributed by atoms with van der Waals surface area (Å²) in [7, 11) is 13.5. The fourth-order valence-corrected chi connectivity index (χ4v) is 9.81. The van der Waals surface area contributed by atoms with Crippen LogP contribution >= 0.6 is 86.4 Å². The Bertz CT molecular complexity index is 1220. The third-order valence-corrected chi connectivity index (χ3v) is 12.7. The molecule has 0 radical (unpaired) electrons. The van der Waals surface area contributed by atoms with Gasteiger partial charge in [0.25, 0.3) is 0 Å². The molecule has 0 spiro atoms. The first-order valence-electron chi connectivity index (χ1n) is 10.6. The molecule has 192 valence electrons. The molecule has 0 aromatic rings. The Kier molecular flexibility index (Phi) is 13.9. The van der Waals surface area contributed by atoms with Gasteiger partial charge in [0.2, 0.25) is 0 Å². The minimum absolute atomic E-state index is 1.10. The summed E-state index contributed by atoms with van der Waals surface area (Å²) in [5.41, 5.74) is 0. The quantitative estimate of drug-likeness (QED) is 0.100. The summed E-state index contributed by atoms with van der Waals surface area (Å²) < 4.78 is 0. The molecular formula is C24H18N6S8. The zero-order valence-electron chi connectivity index (χ0n) is 19.3. The molecule has 0 fully saturated rings. The smallest absolute Gasteiger partial charge is 0.0507 e. The van der Waals surface area contributed by atoms with Crippen LogP contribution in [0.3, 0.4) is 0 Å². The Hall–Kier alpha value is -1.52. The molecule has 0 atom stereocenters. The number of azo groups is 1. The van der Waals surface area contributed by atoms with Crippen molar-refractivity contribution in [3.05, 3.63) is 113 Å². The van der Waals surface area contributed by atoms with E-state index < -0.39 is 0 Å². The van der Waals surface area contributed by atoms with E-state index in [1.165, 1.54) is 9.81 Å². The van der Waals surface area contributed by atoms with Crippen molar-refractivity contribution in [3.63, 3.8) is 0 Å². The van der Waals surface area contributed by atoms with E-state index in [1.807, 2.05) is 47.3 Å².